The largest absolute Gasteiger partial charge is 0.497 e. The number of hydrogen-bond donors (Lipinski definition) is 2. The molecule has 3 aromatic rings. The maximum atomic E-state index is 12.3. The van der Waals surface area contributed by atoms with Crippen LogP contribution in [-0.2, 0) is 12.1 Å². The summed E-state index contributed by atoms with van der Waals surface area (Å²) >= 11 is 0. The maximum absolute atomic E-state index is 12.3. The first-order chi connectivity index (χ1) is 15.0. The molecule has 5 heteroatoms. The fourth-order valence-electron chi connectivity index (χ4n) is 4.55. The van der Waals surface area contributed by atoms with Gasteiger partial charge < -0.3 is 19.7 Å². The Morgan fingerprint density at radius 2 is 1.35 bits per heavy atom. The van der Waals surface area contributed by atoms with Crippen molar-refractivity contribution >= 4 is 0 Å². The van der Waals surface area contributed by atoms with Gasteiger partial charge in [0, 0.05) is 19.1 Å². The third-order valence-corrected chi connectivity index (χ3v) is 6.15. The van der Waals surface area contributed by atoms with E-state index in [1.165, 1.54) is 0 Å². The highest BCUT2D eigenvalue weighted by Crippen LogP contribution is 2.41. The van der Waals surface area contributed by atoms with E-state index in [1.54, 1.807) is 14.2 Å². The second-order valence-electron chi connectivity index (χ2n) is 8.04. The molecule has 0 saturated carbocycles. The summed E-state index contributed by atoms with van der Waals surface area (Å²) in [5, 5.41) is 22.9. The van der Waals surface area contributed by atoms with Gasteiger partial charge in [-0.05, 0) is 47.4 Å². The minimum Gasteiger partial charge on any atom is -0.497 e. The summed E-state index contributed by atoms with van der Waals surface area (Å²) in [7, 11) is 3.25. The molecular weight excluding hydrogens is 390 g/mol. The van der Waals surface area contributed by atoms with Crippen LogP contribution < -0.4 is 9.47 Å². The Balaban J connectivity index is 1.77. The molecule has 0 radical (unpaired) electrons. The van der Waals surface area contributed by atoms with Gasteiger partial charge in [-0.15, -0.1) is 0 Å². The molecule has 3 aromatic carbocycles. The van der Waals surface area contributed by atoms with Crippen molar-refractivity contribution in [1.82, 2.24) is 4.90 Å². The first-order valence-electron chi connectivity index (χ1n) is 10.5. The molecule has 4 rings (SSSR count). The molecular formula is C26H29NO4. The average molecular weight is 420 g/mol. The minimum absolute atomic E-state index is 0.301. The summed E-state index contributed by atoms with van der Waals surface area (Å²) in [6.45, 7) is 1.16. The molecule has 0 unspecified atom stereocenters. The molecule has 31 heavy (non-hydrogen) atoms. The zero-order valence-corrected chi connectivity index (χ0v) is 17.9. The van der Waals surface area contributed by atoms with Gasteiger partial charge in [0.25, 0.3) is 0 Å². The van der Waals surface area contributed by atoms with E-state index < -0.39 is 11.7 Å². The van der Waals surface area contributed by atoms with Crippen LogP contribution in [0.5, 0.6) is 11.5 Å². The molecule has 5 nitrogen and oxygen atoms in total. The van der Waals surface area contributed by atoms with Crippen molar-refractivity contribution in [1.29, 1.82) is 0 Å². The average Bonchev–Trinajstić information content (AvgIpc) is 3.19. The molecule has 1 saturated heterocycles. The second-order valence-corrected chi connectivity index (χ2v) is 8.04. The van der Waals surface area contributed by atoms with Crippen LogP contribution in [0.4, 0.5) is 0 Å². The molecule has 0 bridgehead atoms. The molecule has 1 aliphatic rings. The lowest BCUT2D eigenvalue weighted by Crippen LogP contribution is -2.48. The van der Waals surface area contributed by atoms with Crippen LogP contribution in [0.3, 0.4) is 0 Å². The Morgan fingerprint density at radius 1 is 0.839 bits per heavy atom. The quantitative estimate of drug-likeness (QED) is 0.613. The Bertz CT molecular complexity index is 925. The molecule has 1 aliphatic heterocycles. The number of aliphatic hydroxyl groups excluding tert-OH is 1. The third-order valence-electron chi connectivity index (χ3n) is 6.15. The Morgan fingerprint density at radius 3 is 1.84 bits per heavy atom. The number of ether oxygens (including phenoxy) is 2. The lowest BCUT2D eigenvalue weighted by atomic mass is 9.78. The summed E-state index contributed by atoms with van der Waals surface area (Å²) in [4.78, 5) is 2.18. The zero-order chi connectivity index (χ0) is 21.8. The SMILES string of the molecule is COc1ccc(C(O)(c2ccc(OC)cc2)[C@H]2C[C@@H](O)CN2Cc2ccccc2)cc1. The number of benzene rings is 3. The van der Waals surface area contributed by atoms with Crippen LogP contribution in [0.2, 0.25) is 0 Å². The summed E-state index contributed by atoms with van der Waals surface area (Å²) in [5.41, 5.74) is 1.35. The van der Waals surface area contributed by atoms with Gasteiger partial charge in [0.1, 0.15) is 17.1 Å². The van der Waals surface area contributed by atoms with Crippen LogP contribution in [0.1, 0.15) is 23.1 Å². The molecule has 1 fully saturated rings. The van der Waals surface area contributed by atoms with Gasteiger partial charge in [-0.2, -0.15) is 0 Å². The molecule has 162 valence electrons. The highest BCUT2D eigenvalue weighted by Gasteiger charge is 2.47. The first-order valence-corrected chi connectivity index (χ1v) is 10.5. The van der Waals surface area contributed by atoms with Gasteiger partial charge in [-0.25, -0.2) is 0 Å². The van der Waals surface area contributed by atoms with E-state index >= 15 is 0 Å². The second kappa shape index (κ2) is 9.10. The molecule has 2 N–H and O–H groups in total. The van der Waals surface area contributed by atoms with Crippen molar-refractivity contribution in [2.75, 3.05) is 20.8 Å². The molecule has 0 spiro atoms. The van der Waals surface area contributed by atoms with E-state index in [4.69, 9.17) is 9.47 Å². The van der Waals surface area contributed by atoms with Crippen molar-refractivity contribution in [3.63, 3.8) is 0 Å². The van der Waals surface area contributed by atoms with Gasteiger partial charge in [-0.3, -0.25) is 4.90 Å². The van der Waals surface area contributed by atoms with Crippen LogP contribution in [0.25, 0.3) is 0 Å². The summed E-state index contributed by atoms with van der Waals surface area (Å²) < 4.78 is 10.6. The Kier molecular flexibility index (Phi) is 6.28. The molecule has 2 atom stereocenters. The molecule has 1 heterocycles. The number of likely N-dealkylation sites (tertiary alicyclic amines) is 1. The fourth-order valence-corrected chi connectivity index (χ4v) is 4.55. The Hall–Kier alpha value is -2.86. The van der Waals surface area contributed by atoms with Crippen molar-refractivity contribution in [2.24, 2.45) is 0 Å². The topological polar surface area (TPSA) is 62.2 Å². The van der Waals surface area contributed by atoms with Crippen molar-refractivity contribution in [3.8, 4) is 11.5 Å². The van der Waals surface area contributed by atoms with Gasteiger partial charge >= 0.3 is 0 Å². The van der Waals surface area contributed by atoms with E-state index in [-0.39, 0.29) is 6.04 Å². The predicted octanol–water partition coefficient (Wildman–Crippen LogP) is 3.58. The monoisotopic (exact) mass is 419 g/mol. The number of β-amino-alcohol motifs (C(OH)–C–C–N with tert-alkyl or cyclic N) is 1. The first kappa shape index (κ1) is 21.4. The van der Waals surface area contributed by atoms with Crippen molar-refractivity contribution in [3.05, 3.63) is 95.6 Å². The van der Waals surface area contributed by atoms with E-state index in [2.05, 4.69) is 17.0 Å². The third kappa shape index (κ3) is 4.30. The van der Waals surface area contributed by atoms with Gasteiger partial charge in [0.2, 0.25) is 0 Å². The highest BCUT2D eigenvalue weighted by molar-refractivity contribution is 5.43. The van der Waals surface area contributed by atoms with Gasteiger partial charge in [-0.1, -0.05) is 54.6 Å². The number of methoxy groups -OCH3 is 2. The van der Waals surface area contributed by atoms with Gasteiger partial charge in [0.15, 0.2) is 0 Å². The van der Waals surface area contributed by atoms with Crippen LogP contribution in [-0.4, -0.2) is 48.0 Å². The number of hydrogen-bond acceptors (Lipinski definition) is 5. The highest BCUT2D eigenvalue weighted by atomic mass is 16.5. The predicted molar refractivity (Wildman–Crippen MR) is 120 cm³/mol. The van der Waals surface area contributed by atoms with E-state index in [1.807, 2.05) is 66.7 Å². The lowest BCUT2D eigenvalue weighted by molar-refractivity contribution is -0.00685. The number of aliphatic hydroxyl groups is 2. The molecule has 0 aromatic heterocycles. The smallest absolute Gasteiger partial charge is 0.130 e. The zero-order valence-electron chi connectivity index (χ0n) is 17.9. The van der Waals surface area contributed by atoms with E-state index in [0.717, 1.165) is 28.2 Å². The molecule has 0 amide bonds. The Labute approximate surface area is 183 Å². The van der Waals surface area contributed by atoms with E-state index in [0.29, 0.717) is 19.5 Å². The van der Waals surface area contributed by atoms with Crippen LogP contribution in [0.15, 0.2) is 78.9 Å². The van der Waals surface area contributed by atoms with Gasteiger partial charge in [0.05, 0.1) is 20.3 Å². The van der Waals surface area contributed by atoms with Crippen molar-refractivity contribution < 1.29 is 19.7 Å². The fraction of sp³-hybridized carbons (Fsp3) is 0.308. The molecule has 0 aliphatic carbocycles. The summed E-state index contributed by atoms with van der Waals surface area (Å²) in [5.74, 6) is 1.46. The minimum atomic E-state index is -1.31. The maximum Gasteiger partial charge on any atom is 0.130 e. The number of rotatable bonds is 7. The summed E-state index contributed by atoms with van der Waals surface area (Å²) in [6, 6.07) is 24.9. The van der Waals surface area contributed by atoms with Crippen LogP contribution >= 0.6 is 0 Å². The number of nitrogens with zero attached hydrogens (tertiary/aromatic N) is 1. The van der Waals surface area contributed by atoms with Crippen LogP contribution in [0, 0.1) is 0 Å². The summed E-state index contributed by atoms with van der Waals surface area (Å²) in [6.07, 6.45) is -0.0294. The lowest BCUT2D eigenvalue weighted by Gasteiger charge is -2.40. The standard InChI is InChI=1S/C26H29NO4/c1-30-23-12-8-20(9-13-23)26(29,21-10-14-24(31-2)15-11-21)25-16-22(28)18-27(25)17-19-6-4-3-5-7-19/h3-15,22,25,28-29H,16-18H2,1-2H3/t22-,25-/m1/s1. The van der Waals surface area contributed by atoms with Crippen molar-refractivity contribution in [2.45, 2.75) is 30.7 Å². The normalized spacial score (nSPS) is 19.4. The van der Waals surface area contributed by atoms with E-state index in [9.17, 15) is 10.2 Å².